The zero-order valence-electron chi connectivity index (χ0n) is 15.9. The van der Waals surface area contributed by atoms with E-state index in [4.69, 9.17) is 4.74 Å². The van der Waals surface area contributed by atoms with Crippen LogP contribution in [0.25, 0.3) is 0 Å². The lowest BCUT2D eigenvalue weighted by Crippen LogP contribution is -2.39. The molecule has 142 valence electrons. The summed E-state index contributed by atoms with van der Waals surface area (Å²) in [5.74, 6) is 0.888. The molecule has 1 heterocycles. The van der Waals surface area contributed by atoms with E-state index >= 15 is 0 Å². The van der Waals surface area contributed by atoms with Gasteiger partial charge in [0.2, 0.25) is 0 Å². The summed E-state index contributed by atoms with van der Waals surface area (Å²) < 4.78 is 7.62. The monoisotopic (exact) mass is 376 g/mol. The summed E-state index contributed by atoms with van der Waals surface area (Å²) in [4.78, 5) is 24.5. The van der Waals surface area contributed by atoms with E-state index in [0.29, 0.717) is 12.1 Å². The van der Waals surface area contributed by atoms with Crippen molar-refractivity contribution in [3.8, 4) is 11.8 Å². The van der Waals surface area contributed by atoms with Crippen LogP contribution in [-0.2, 0) is 20.5 Å². The number of hydrogen-bond donors (Lipinski definition) is 1. The first-order valence-electron chi connectivity index (χ1n) is 8.64. The van der Waals surface area contributed by atoms with E-state index in [9.17, 15) is 14.9 Å². The zero-order valence-corrected chi connectivity index (χ0v) is 15.9. The minimum atomic E-state index is -0.633. The van der Waals surface area contributed by atoms with E-state index < -0.39 is 11.2 Å². The Balaban J connectivity index is 2.05. The van der Waals surface area contributed by atoms with E-state index in [-0.39, 0.29) is 11.4 Å². The summed E-state index contributed by atoms with van der Waals surface area (Å²) >= 11 is 0. The molecule has 0 unspecified atom stereocenters. The highest BCUT2D eigenvalue weighted by atomic mass is 16.5. The number of benzene rings is 2. The van der Waals surface area contributed by atoms with Crippen molar-refractivity contribution in [3.63, 3.8) is 0 Å². The van der Waals surface area contributed by atoms with Crippen LogP contribution < -0.4 is 21.3 Å². The molecule has 0 aliphatic rings. The van der Waals surface area contributed by atoms with Gasteiger partial charge in [-0.15, -0.1) is 0 Å². The van der Waals surface area contributed by atoms with Crippen molar-refractivity contribution < 1.29 is 4.74 Å². The van der Waals surface area contributed by atoms with Crippen molar-refractivity contribution in [1.82, 2.24) is 9.13 Å². The van der Waals surface area contributed by atoms with Crippen LogP contribution in [0.3, 0.4) is 0 Å². The maximum atomic E-state index is 12.3. The fourth-order valence-corrected chi connectivity index (χ4v) is 3.04. The molecule has 0 fully saturated rings. The number of anilines is 2. The van der Waals surface area contributed by atoms with Gasteiger partial charge >= 0.3 is 5.69 Å². The fourth-order valence-electron chi connectivity index (χ4n) is 3.04. The van der Waals surface area contributed by atoms with Crippen LogP contribution in [0.2, 0.25) is 0 Å². The van der Waals surface area contributed by atoms with E-state index in [1.54, 1.807) is 13.2 Å². The quantitative estimate of drug-likeness (QED) is 0.738. The zero-order chi connectivity index (χ0) is 20.3. The van der Waals surface area contributed by atoms with Gasteiger partial charge in [0.25, 0.3) is 5.56 Å². The Kier molecular flexibility index (Phi) is 5.32. The molecule has 2 aromatic carbocycles. The van der Waals surface area contributed by atoms with E-state index in [0.717, 1.165) is 21.4 Å². The SMILES string of the molecule is COc1ccc(Nc2c(C#N)c(=O)n(C)c(=O)n2C)cc1Cc1ccccc1. The summed E-state index contributed by atoms with van der Waals surface area (Å²) in [6.45, 7) is 0. The molecule has 3 aromatic rings. The molecule has 0 aliphatic carbocycles. The number of nitriles is 1. The fraction of sp³-hybridized carbons (Fsp3) is 0.190. The Labute approximate surface area is 162 Å². The Hall–Kier alpha value is -3.79. The summed E-state index contributed by atoms with van der Waals surface area (Å²) in [5.41, 5.74) is 1.44. The van der Waals surface area contributed by atoms with E-state index in [2.05, 4.69) is 5.32 Å². The number of hydrogen-bond acceptors (Lipinski definition) is 5. The van der Waals surface area contributed by atoms with Gasteiger partial charge in [-0.3, -0.25) is 13.9 Å². The van der Waals surface area contributed by atoms with Crippen molar-refractivity contribution in [3.05, 3.63) is 86.1 Å². The van der Waals surface area contributed by atoms with Crippen LogP contribution in [0, 0.1) is 11.3 Å². The first kappa shape index (κ1) is 19.0. The third-order valence-corrected chi connectivity index (χ3v) is 4.56. The minimum absolute atomic E-state index is 0.120. The molecule has 3 rings (SSSR count). The van der Waals surface area contributed by atoms with E-state index in [1.807, 2.05) is 48.5 Å². The summed E-state index contributed by atoms with van der Waals surface area (Å²) in [6, 6.07) is 17.3. The predicted molar refractivity (Wildman–Crippen MR) is 107 cm³/mol. The minimum Gasteiger partial charge on any atom is -0.496 e. The molecule has 0 atom stereocenters. The number of nitrogens with one attached hydrogen (secondary N) is 1. The average molecular weight is 376 g/mol. The van der Waals surface area contributed by atoms with Gasteiger partial charge < -0.3 is 10.1 Å². The van der Waals surface area contributed by atoms with Gasteiger partial charge in [-0.05, 0) is 23.8 Å². The summed E-state index contributed by atoms with van der Waals surface area (Å²) in [5, 5.41) is 12.5. The van der Waals surface area contributed by atoms with Crippen LogP contribution in [0.5, 0.6) is 5.75 Å². The first-order valence-corrected chi connectivity index (χ1v) is 8.64. The molecule has 0 amide bonds. The second kappa shape index (κ2) is 7.84. The largest absolute Gasteiger partial charge is 0.496 e. The molecule has 1 aromatic heterocycles. The Bertz CT molecular complexity index is 1170. The first-order chi connectivity index (χ1) is 13.5. The second-order valence-corrected chi connectivity index (χ2v) is 6.36. The van der Waals surface area contributed by atoms with Crippen molar-refractivity contribution >= 4 is 11.5 Å². The number of rotatable bonds is 5. The molecule has 1 N–H and O–H groups in total. The number of nitrogens with zero attached hydrogens (tertiary/aromatic N) is 3. The normalized spacial score (nSPS) is 10.4. The number of aromatic nitrogens is 2. The Morgan fingerprint density at radius 3 is 2.43 bits per heavy atom. The van der Waals surface area contributed by atoms with E-state index in [1.165, 1.54) is 18.7 Å². The van der Waals surface area contributed by atoms with Crippen LogP contribution >= 0.6 is 0 Å². The topological polar surface area (TPSA) is 89.1 Å². The third-order valence-electron chi connectivity index (χ3n) is 4.56. The third kappa shape index (κ3) is 3.53. The van der Waals surface area contributed by atoms with Crippen molar-refractivity contribution in [2.24, 2.45) is 14.1 Å². The van der Waals surface area contributed by atoms with Gasteiger partial charge in [0, 0.05) is 31.8 Å². The van der Waals surface area contributed by atoms with Crippen LogP contribution in [0.1, 0.15) is 16.7 Å². The van der Waals surface area contributed by atoms with Gasteiger partial charge in [0.15, 0.2) is 5.56 Å². The molecular weight excluding hydrogens is 356 g/mol. The van der Waals surface area contributed by atoms with Crippen LogP contribution in [0.15, 0.2) is 58.1 Å². The summed E-state index contributed by atoms with van der Waals surface area (Å²) in [7, 11) is 4.47. The molecule has 7 heteroatoms. The smallest absolute Gasteiger partial charge is 0.332 e. The molecular formula is C21H20N4O3. The van der Waals surface area contributed by atoms with Gasteiger partial charge in [0.1, 0.15) is 17.6 Å². The standard InChI is InChI=1S/C21H20N4O3/c1-24-19(17(13-22)20(26)25(2)21(24)27)23-16-9-10-18(28-3)15(12-16)11-14-7-5-4-6-8-14/h4-10,12,23H,11H2,1-3H3. The maximum absolute atomic E-state index is 12.3. The molecule has 0 aliphatic heterocycles. The average Bonchev–Trinajstić information content (AvgIpc) is 2.72. The molecule has 28 heavy (non-hydrogen) atoms. The van der Waals surface area contributed by atoms with Gasteiger partial charge in [-0.2, -0.15) is 5.26 Å². The molecule has 0 bridgehead atoms. The molecule has 0 saturated heterocycles. The second-order valence-electron chi connectivity index (χ2n) is 6.36. The highest BCUT2D eigenvalue weighted by Crippen LogP contribution is 2.27. The maximum Gasteiger partial charge on any atom is 0.332 e. The van der Waals surface area contributed by atoms with Gasteiger partial charge in [-0.25, -0.2) is 4.79 Å². The molecule has 0 saturated carbocycles. The molecule has 7 nitrogen and oxygen atoms in total. The number of methoxy groups -OCH3 is 1. The highest BCUT2D eigenvalue weighted by molar-refractivity contribution is 5.64. The van der Waals surface area contributed by atoms with Crippen molar-refractivity contribution in [1.29, 1.82) is 5.26 Å². The Morgan fingerprint density at radius 1 is 1.07 bits per heavy atom. The lowest BCUT2D eigenvalue weighted by Gasteiger charge is -2.16. The van der Waals surface area contributed by atoms with Crippen LogP contribution in [0.4, 0.5) is 11.5 Å². The molecule has 0 spiro atoms. The highest BCUT2D eigenvalue weighted by Gasteiger charge is 2.16. The predicted octanol–water partition coefficient (Wildman–Crippen LogP) is 2.30. The number of ether oxygens (including phenoxy) is 1. The lowest BCUT2D eigenvalue weighted by atomic mass is 10.0. The van der Waals surface area contributed by atoms with Gasteiger partial charge in [0.05, 0.1) is 7.11 Å². The summed E-state index contributed by atoms with van der Waals surface area (Å²) in [6.07, 6.45) is 0.653. The van der Waals surface area contributed by atoms with Crippen molar-refractivity contribution in [2.75, 3.05) is 12.4 Å². The molecule has 0 radical (unpaired) electrons. The Morgan fingerprint density at radius 2 is 1.79 bits per heavy atom. The van der Waals surface area contributed by atoms with Crippen LogP contribution in [-0.4, -0.2) is 16.2 Å². The lowest BCUT2D eigenvalue weighted by molar-refractivity contribution is 0.410. The van der Waals surface area contributed by atoms with Gasteiger partial charge in [-0.1, -0.05) is 30.3 Å². The van der Waals surface area contributed by atoms with Crippen molar-refractivity contribution in [2.45, 2.75) is 6.42 Å².